The molecule has 2 aliphatic heterocycles. The Balaban J connectivity index is 1.82. The average molecular weight is 249 g/mol. The smallest absolute Gasteiger partial charge is 0.157 e. The van der Waals surface area contributed by atoms with Crippen molar-refractivity contribution >= 4 is 5.69 Å². The molecule has 0 N–H and O–H groups in total. The summed E-state index contributed by atoms with van der Waals surface area (Å²) in [5.41, 5.74) is 1.17. The second kappa shape index (κ2) is 4.78. The van der Waals surface area contributed by atoms with E-state index in [1.54, 1.807) is 7.11 Å². The Bertz CT molecular complexity index is 406. The van der Waals surface area contributed by atoms with Crippen molar-refractivity contribution in [2.75, 3.05) is 31.8 Å². The number of fused-ring (bicyclic) bond motifs is 1. The van der Waals surface area contributed by atoms with Crippen LogP contribution in [0.5, 0.6) is 5.75 Å². The first-order valence-electron chi connectivity index (χ1n) is 6.43. The van der Waals surface area contributed by atoms with Gasteiger partial charge in [0.1, 0.15) is 11.9 Å². The number of anilines is 1. The number of methoxy groups -OCH3 is 1. The minimum atomic E-state index is 0.0575. The van der Waals surface area contributed by atoms with E-state index >= 15 is 0 Å². The Morgan fingerprint density at radius 3 is 2.61 bits per heavy atom. The van der Waals surface area contributed by atoms with Crippen molar-refractivity contribution in [1.82, 2.24) is 0 Å². The number of benzene rings is 1. The highest BCUT2D eigenvalue weighted by Gasteiger charge is 2.43. The number of ether oxygens (including phenoxy) is 3. The minimum Gasteiger partial charge on any atom is -0.497 e. The predicted molar refractivity (Wildman–Crippen MR) is 69.0 cm³/mol. The molecule has 2 fully saturated rings. The van der Waals surface area contributed by atoms with Crippen molar-refractivity contribution in [2.24, 2.45) is 5.92 Å². The van der Waals surface area contributed by atoms with Crippen LogP contribution in [0.2, 0.25) is 0 Å². The van der Waals surface area contributed by atoms with Crippen LogP contribution in [0.1, 0.15) is 6.92 Å². The van der Waals surface area contributed by atoms with E-state index in [1.165, 1.54) is 5.69 Å². The van der Waals surface area contributed by atoms with Crippen molar-refractivity contribution in [3.63, 3.8) is 0 Å². The van der Waals surface area contributed by atoms with Gasteiger partial charge in [-0.15, -0.1) is 0 Å². The van der Waals surface area contributed by atoms with Crippen LogP contribution in [0.15, 0.2) is 24.3 Å². The van der Waals surface area contributed by atoms with Crippen LogP contribution < -0.4 is 9.64 Å². The first kappa shape index (κ1) is 11.8. The summed E-state index contributed by atoms with van der Waals surface area (Å²) in [5, 5.41) is 0. The van der Waals surface area contributed by atoms with E-state index in [4.69, 9.17) is 14.2 Å². The van der Waals surface area contributed by atoms with Gasteiger partial charge >= 0.3 is 0 Å². The van der Waals surface area contributed by atoms with Crippen molar-refractivity contribution in [3.8, 4) is 5.75 Å². The fourth-order valence-corrected chi connectivity index (χ4v) is 2.79. The summed E-state index contributed by atoms with van der Waals surface area (Å²) in [4.78, 5) is 2.29. The van der Waals surface area contributed by atoms with Gasteiger partial charge in [0.15, 0.2) is 6.23 Å². The fraction of sp³-hybridized carbons (Fsp3) is 0.571. The summed E-state index contributed by atoms with van der Waals surface area (Å²) in [6.45, 7) is 4.58. The molecule has 0 amide bonds. The Morgan fingerprint density at radius 1 is 1.17 bits per heavy atom. The van der Waals surface area contributed by atoms with Crippen LogP contribution in [0.3, 0.4) is 0 Å². The van der Waals surface area contributed by atoms with Gasteiger partial charge in [-0.1, -0.05) is 6.92 Å². The number of rotatable bonds is 2. The molecule has 1 aromatic carbocycles. The van der Waals surface area contributed by atoms with Crippen LogP contribution in [0, 0.1) is 5.92 Å². The molecular formula is C14H19NO3. The van der Waals surface area contributed by atoms with Crippen molar-refractivity contribution in [3.05, 3.63) is 24.3 Å². The summed E-state index contributed by atoms with van der Waals surface area (Å²) in [7, 11) is 1.68. The third kappa shape index (κ3) is 1.95. The lowest BCUT2D eigenvalue weighted by Crippen LogP contribution is -2.44. The van der Waals surface area contributed by atoms with Crippen molar-refractivity contribution in [2.45, 2.75) is 19.3 Å². The average Bonchev–Trinajstić information content (AvgIpc) is 2.77. The van der Waals surface area contributed by atoms with Crippen molar-refractivity contribution < 1.29 is 14.2 Å². The summed E-state index contributed by atoms with van der Waals surface area (Å²) in [6, 6.07) is 8.12. The maximum Gasteiger partial charge on any atom is 0.157 e. The topological polar surface area (TPSA) is 30.9 Å². The number of hydrogen-bond acceptors (Lipinski definition) is 4. The van der Waals surface area contributed by atoms with E-state index in [-0.39, 0.29) is 12.3 Å². The third-order valence-corrected chi connectivity index (χ3v) is 3.72. The highest BCUT2D eigenvalue weighted by Crippen LogP contribution is 2.34. The summed E-state index contributed by atoms with van der Waals surface area (Å²) < 4.78 is 16.9. The molecule has 0 aliphatic carbocycles. The standard InChI is InChI=1S/C14H19NO3/c1-10-9-15(14-13(10)17-7-8-18-14)11-3-5-12(16-2)6-4-11/h3-6,10,13-14H,7-9H2,1-2H3/t10-,13+,14+/m1/s1. The molecular weight excluding hydrogens is 230 g/mol. The lowest BCUT2D eigenvalue weighted by molar-refractivity contribution is -0.134. The van der Waals surface area contributed by atoms with Gasteiger partial charge < -0.3 is 19.1 Å². The summed E-state index contributed by atoms with van der Waals surface area (Å²) in [5.74, 6) is 1.38. The molecule has 2 aliphatic rings. The molecule has 0 radical (unpaired) electrons. The van der Waals surface area contributed by atoms with Crippen LogP contribution >= 0.6 is 0 Å². The first-order valence-corrected chi connectivity index (χ1v) is 6.43. The molecule has 1 aromatic rings. The Morgan fingerprint density at radius 2 is 1.89 bits per heavy atom. The lowest BCUT2D eigenvalue weighted by atomic mass is 10.1. The molecule has 0 aromatic heterocycles. The van der Waals surface area contributed by atoms with Gasteiger partial charge in [0.2, 0.25) is 0 Å². The predicted octanol–water partition coefficient (Wildman–Crippen LogP) is 1.89. The van der Waals surface area contributed by atoms with Gasteiger partial charge in [0, 0.05) is 18.2 Å². The van der Waals surface area contributed by atoms with Crippen LogP contribution in [0.25, 0.3) is 0 Å². The second-order valence-electron chi connectivity index (χ2n) is 4.92. The van der Waals surface area contributed by atoms with Gasteiger partial charge in [0.25, 0.3) is 0 Å². The van der Waals surface area contributed by atoms with Gasteiger partial charge in [-0.25, -0.2) is 0 Å². The SMILES string of the molecule is COc1ccc(N2C[C@@H](C)[C@@H]3OCCO[C@@H]32)cc1. The Labute approximate surface area is 107 Å². The Kier molecular flexibility index (Phi) is 3.14. The largest absolute Gasteiger partial charge is 0.497 e. The highest BCUT2D eigenvalue weighted by molar-refractivity contribution is 5.51. The molecule has 18 heavy (non-hydrogen) atoms. The molecule has 2 heterocycles. The van der Waals surface area contributed by atoms with Crippen molar-refractivity contribution in [1.29, 1.82) is 0 Å². The Hall–Kier alpha value is -1.26. The first-order chi connectivity index (χ1) is 8.79. The van der Waals surface area contributed by atoms with Gasteiger partial charge in [0.05, 0.1) is 20.3 Å². The zero-order valence-electron chi connectivity index (χ0n) is 10.8. The van der Waals surface area contributed by atoms with E-state index < -0.39 is 0 Å². The van der Waals surface area contributed by atoms with Gasteiger partial charge in [-0.2, -0.15) is 0 Å². The molecule has 3 rings (SSSR count). The van der Waals surface area contributed by atoms with E-state index in [1.807, 2.05) is 12.1 Å². The molecule has 4 nitrogen and oxygen atoms in total. The summed E-state index contributed by atoms with van der Waals surface area (Å²) in [6.07, 6.45) is 0.253. The zero-order chi connectivity index (χ0) is 12.5. The maximum absolute atomic E-state index is 5.87. The lowest BCUT2D eigenvalue weighted by Gasteiger charge is -2.33. The molecule has 4 heteroatoms. The molecule has 3 atom stereocenters. The van der Waals surface area contributed by atoms with E-state index in [9.17, 15) is 0 Å². The number of nitrogens with zero attached hydrogens (tertiary/aromatic N) is 1. The monoisotopic (exact) mass is 249 g/mol. The number of hydrogen-bond donors (Lipinski definition) is 0. The molecule has 0 saturated carbocycles. The molecule has 2 saturated heterocycles. The highest BCUT2D eigenvalue weighted by atomic mass is 16.6. The van der Waals surface area contributed by atoms with E-state index in [0.717, 1.165) is 12.3 Å². The minimum absolute atomic E-state index is 0.0575. The summed E-state index contributed by atoms with van der Waals surface area (Å²) >= 11 is 0. The van der Waals surface area contributed by atoms with Crippen LogP contribution in [-0.2, 0) is 9.47 Å². The molecule has 0 unspecified atom stereocenters. The third-order valence-electron chi connectivity index (χ3n) is 3.72. The normalized spacial score (nSPS) is 31.2. The van der Waals surface area contributed by atoms with Gasteiger partial charge in [-0.3, -0.25) is 0 Å². The zero-order valence-corrected chi connectivity index (χ0v) is 10.8. The fourth-order valence-electron chi connectivity index (χ4n) is 2.79. The van der Waals surface area contributed by atoms with E-state index in [2.05, 4.69) is 24.0 Å². The molecule has 0 bridgehead atoms. The second-order valence-corrected chi connectivity index (χ2v) is 4.92. The van der Waals surface area contributed by atoms with Gasteiger partial charge in [-0.05, 0) is 24.3 Å². The molecule has 98 valence electrons. The quantitative estimate of drug-likeness (QED) is 0.801. The van der Waals surface area contributed by atoms with Crippen LogP contribution in [-0.4, -0.2) is 39.2 Å². The maximum atomic E-state index is 5.87. The van der Waals surface area contributed by atoms with E-state index in [0.29, 0.717) is 19.1 Å². The molecule has 0 spiro atoms. The van der Waals surface area contributed by atoms with Crippen LogP contribution in [0.4, 0.5) is 5.69 Å².